The van der Waals surface area contributed by atoms with Gasteiger partial charge in [0.25, 0.3) is 5.91 Å². The second kappa shape index (κ2) is 7.17. The number of aromatic carboxylic acids is 1. The number of benzene rings is 1. The zero-order chi connectivity index (χ0) is 18.7. The fourth-order valence-corrected chi connectivity index (χ4v) is 3.02. The van der Waals surface area contributed by atoms with Crippen LogP contribution >= 0.6 is 0 Å². The summed E-state index contributed by atoms with van der Waals surface area (Å²) in [7, 11) is 0. The molecule has 8 heteroatoms. The Balaban J connectivity index is 1.95. The Morgan fingerprint density at radius 3 is 2.46 bits per heavy atom. The molecular formula is C18H16F2N2O4. The molecule has 0 radical (unpaired) electrons. The quantitative estimate of drug-likeness (QED) is 0.872. The summed E-state index contributed by atoms with van der Waals surface area (Å²) < 4.78 is 33.0. The van der Waals surface area contributed by atoms with Gasteiger partial charge in [0.2, 0.25) is 0 Å². The van der Waals surface area contributed by atoms with Crippen LogP contribution in [-0.4, -0.2) is 35.2 Å². The number of halogens is 2. The molecule has 0 unspecified atom stereocenters. The number of amides is 1. The molecule has 3 rings (SSSR count). The highest BCUT2D eigenvalue weighted by Crippen LogP contribution is 2.34. The third-order valence-electron chi connectivity index (χ3n) is 4.35. The molecule has 136 valence electrons. The second-order valence-corrected chi connectivity index (χ2v) is 5.99. The van der Waals surface area contributed by atoms with Crippen LogP contribution in [0.4, 0.5) is 8.78 Å². The van der Waals surface area contributed by atoms with E-state index in [-0.39, 0.29) is 17.0 Å². The van der Waals surface area contributed by atoms with Crippen molar-refractivity contribution in [3.63, 3.8) is 0 Å². The molecule has 1 amide bonds. The molecule has 0 atom stereocenters. The molecule has 1 fully saturated rings. The van der Waals surface area contributed by atoms with Crippen LogP contribution in [0, 0.1) is 11.6 Å². The van der Waals surface area contributed by atoms with Crippen LogP contribution in [0.2, 0.25) is 0 Å². The van der Waals surface area contributed by atoms with E-state index in [0.717, 1.165) is 12.1 Å². The van der Waals surface area contributed by atoms with Gasteiger partial charge in [-0.05, 0) is 31.0 Å². The lowest BCUT2D eigenvalue weighted by Crippen LogP contribution is -2.50. The summed E-state index contributed by atoms with van der Waals surface area (Å²) in [6, 6.07) is 7.24. The van der Waals surface area contributed by atoms with E-state index in [4.69, 9.17) is 9.84 Å². The molecule has 0 aliphatic carbocycles. The SMILES string of the molecule is O=C(O)c1cccc(C(=O)NC2(c3ccc(F)cc3F)CCOCC2)n1. The zero-order valence-electron chi connectivity index (χ0n) is 13.7. The molecule has 6 nitrogen and oxygen atoms in total. The van der Waals surface area contributed by atoms with Crippen LogP contribution in [0.25, 0.3) is 0 Å². The van der Waals surface area contributed by atoms with Crippen LogP contribution in [0.15, 0.2) is 36.4 Å². The number of nitrogens with one attached hydrogen (secondary N) is 1. The van der Waals surface area contributed by atoms with Gasteiger partial charge >= 0.3 is 5.97 Å². The van der Waals surface area contributed by atoms with Crippen LogP contribution in [0.3, 0.4) is 0 Å². The van der Waals surface area contributed by atoms with Gasteiger partial charge < -0.3 is 15.2 Å². The van der Waals surface area contributed by atoms with Crippen molar-refractivity contribution in [3.8, 4) is 0 Å². The van der Waals surface area contributed by atoms with E-state index >= 15 is 0 Å². The lowest BCUT2D eigenvalue weighted by Gasteiger charge is -2.38. The first kappa shape index (κ1) is 17.9. The van der Waals surface area contributed by atoms with E-state index in [9.17, 15) is 18.4 Å². The number of nitrogens with zero attached hydrogens (tertiary/aromatic N) is 1. The Bertz CT molecular complexity index is 851. The molecule has 1 aliphatic rings. The number of carbonyl (C=O) groups excluding carboxylic acids is 1. The highest BCUT2D eigenvalue weighted by atomic mass is 19.1. The number of hydrogen-bond donors (Lipinski definition) is 2. The van der Waals surface area contributed by atoms with E-state index < -0.39 is 29.0 Å². The van der Waals surface area contributed by atoms with E-state index in [1.54, 1.807) is 0 Å². The van der Waals surface area contributed by atoms with Gasteiger partial charge in [0.05, 0.1) is 5.54 Å². The number of carboxylic acid groups (broad SMARTS) is 1. The van der Waals surface area contributed by atoms with Crippen molar-refractivity contribution in [1.29, 1.82) is 0 Å². The van der Waals surface area contributed by atoms with Crippen molar-refractivity contribution in [2.75, 3.05) is 13.2 Å². The monoisotopic (exact) mass is 362 g/mol. The van der Waals surface area contributed by atoms with Gasteiger partial charge in [-0.1, -0.05) is 12.1 Å². The maximum Gasteiger partial charge on any atom is 0.354 e. The van der Waals surface area contributed by atoms with Gasteiger partial charge in [-0.25, -0.2) is 18.6 Å². The lowest BCUT2D eigenvalue weighted by molar-refractivity contribution is 0.0331. The maximum absolute atomic E-state index is 14.4. The molecule has 0 spiro atoms. The number of pyridine rings is 1. The normalized spacial score (nSPS) is 16.1. The van der Waals surface area contributed by atoms with Gasteiger partial charge in [0.15, 0.2) is 0 Å². The first-order valence-corrected chi connectivity index (χ1v) is 7.97. The molecule has 2 N–H and O–H groups in total. The summed E-state index contributed by atoms with van der Waals surface area (Å²) in [5.74, 6) is -3.38. The molecule has 0 saturated carbocycles. The first-order chi connectivity index (χ1) is 12.4. The second-order valence-electron chi connectivity index (χ2n) is 5.99. The van der Waals surface area contributed by atoms with Crippen LogP contribution in [0.5, 0.6) is 0 Å². The van der Waals surface area contributed by atoms with Crippen molar-refractivity contribution in [2.24, 2.45) is 0 Å². The lowest BCUT2D eigenvalue weighted by atomic mass is 9.82. The minimum atomic E-state index is -1.26. The molecule has 1 aromatic heterocycles. The van der Waals surface area contributed by atoms with Gasteiger partial charge in [0.1, 0.15) is 23.0 Å². The van der Waals surface area contributed by atoms with Crippen molar-refractivity contribution < 1.29 is 28.2 Å². The van der Waals surface area contributed by atoms with Crippen molar-refractivity contribution in [1.82, 2.24) is 10.3 Å². The number of rotatable bonds is 4. The average Bonchev–Trinajstić information content (AvgIpc) is 2.62. The van der Waals surface area contributed by atoms with E-state index in [1.165, 1.54) is 24.3 Å². The Morgan fingerprint density at radius 1 is 1.12 bits per heavy atom. The molecule has 1 saturated heterocycles. The number of ether oxygens (including phenoxy) is 1. The summed E-state index contributed by atoms with van der Waals surface area (Å²) in [5.41, 5.74) is -1.30. The molecular weight excluding hydrogens is 346 g/mol. The number of carbonyl (C=O) groups is 2. The molecule has 26 heavy (non-hydrogen) atoms. The minimum Gasteiger partial charge on any atom is -0.477 e. The molecule has 0 bridgehead atoms. The molecule has 1 aromatic carbocycles. The van der Waals surface area contributed by atoms with Crippen LogP contribution in [-0.2, 0) is 10.3 Å². The van der Waals surface area contributed by atoms with Crippen LogP contribution in [0.1, 0.15) is 39.4 Å². The maximum atomic E-state index is 14.4. The molecule has 2 heterocycles. The third kappa shape index (κ3) is 3.55. The zero-order valence-corrected chi connectivity index (χ0v) is 13.7. The highest BCUT2D eigenvalue weighted by molar-refractivity contribution is 5.94. The van der Waals surface area contributed by atoms with Gasteiger partial charge in [0, 0.05) is 24.8 Å². The van der Waals surface area contributed by atoms with Gasteiger partial charge in [-0.3, -0.25) is 4.79 Å². The Hall–Kier alpha value is -2.87. The topological polar surface area (TPSA) is 88.5 Å². The average molecular weight is 362 g/mol. The van der Waals surface area contributed by atoms with Crippen LogP contribution < -0.4 is 5.32 Å². The predicted octanol–water partition coefficient (Wildman–Crippen LogP) is 2.49. The highest BCUT2D eigenvalue weighted by Gasteiger charge is 2.38. The summed E-state index contributed by atoms with van der Waals surface area (Å²) in [5, 5.41) is 11.8. The number of aromatic nitrogens is 1. The number of hydrogen-bond acceptors (Lipinski definition) is 4. The Kier molecular flexibility index (Phi) is 4.94. The van der Waals surface area contributed by atoms with Crippen molar-refractivity contribution in [3.05, 3.63) is 65.0 Å². The first-order valence-electron chi connectivity index (χ1n) is 7.97. The Morgan fingerprint density at radius 2 is 1.81 bits per heavy atom. The van der Waals surface area contributed by atoms with E-state index in [2.05, 4.69) is 10.3 Å². The largest absolute Gasteiger partial charge is 0.477 e. The third-order valence-corrected chi connectivity index (χ3v) is 4.35. The fourth-order valence-electron chi connectivity index (χ4n) is 3.02. The standard InChI is InChI=1S/C18H16F2N2O4/c19-11-4-5-12(13(20)10-11)18(6-8-26-9-7-18)22-16(23)14-2-1-3-15(21-14)17(24)25/h1-5,10H,6-9H2,(H,22,23)(H,24,25). The molecule has 1 aliphatic heterocycles. The number of carboxylic acids is 1. The summed E-state index contributed by atoms with van der Waals surface area (Å²) in [6.07, 6.45) is 0.583. The van der Waals surface area contributed by atoms with E-state index in [0.29, 0.717) is 26.1 Å². The minimum absolute atomic E-state index is 0.0988. The van der Waals surface area contributed by atoms with Gasteiger partial charge in [-0.15, -0.1) is 0 Å². The Labute approximate surface area is 147 Å². The predicted molar refractivity (Wildman–Crippen MR) is 86.8 cm³/mol. The summed E-state index contributed by atoms with van der Waals surface area (Å²) >= 11 is 0. The van der Waals surface area contributed by atoms with Gasteiger partial charge in [-0.2, -0.15) is 0 Å². The summed E-state index contributed by atoms with van der Waals surface area (Å²) in [4.78, 5) is 27.5. The molecule has 2 aromatic rings. The van der Waals surface area contributed by atoms with Crippen molar-refractivity contribution in [2.45, 2.75) is 18.4 Å². The smallest absolute Gasteiger partial charge is 0.354 e. The van der Waals surface area contributed by atoms with Crippen molar-refractivity contribution >= 4 is 11.9 Å². The van der Waals surface area contributed by atoms with E-state index in [1.807, 2.05) is 0 Å². The fraction of sp³-hybridized carbons (Fsp3) is 0.278. The summed E-state index contributed by atoms with van der Waals surface area (Å²) in [6.45, 7) is 0.583.